The van der Waals surface area contributed by atoms with E-state index in [1.54, 1.807) is 18.2 Å². The predicted molar refractivity (Wildman–Crippen MR) is 83.6 cm³/mol. The van der Waals surface area contributed by atoms with Crippen LogP contribution in [0.3, 0.4) is 0 Å². The lowest BCUT2D eigenvalue weighted by Gasteiger charge is -2.18. The first-order valence-corrected chi connectivity index (χ1v) is 8.49. The van der Waals surface area contributed by atoms with Gasteiger partial charge in [-0.3, -0.25) is 0 Å². The monoisotopic (exact) mass is 340 g/mol. The number of ether oxygens (including phenoxy) is 2. The van der Waals surface area contributed by atoms with E-state index in [-0.39, 0.29) is 11.4 Å². The first-order valence-electron chi connectivity index (χ1n) is 6.94. The van der Waals surface area contributed by atoms with E-state index in [9.17, 15) is 12.8 Å². The molecule has 2 rings (SSSR count). The van der Waals surface area contributed by atoms with Gasteiger partial charge in [0, 0.05) is 5.56 Å². The van der Waals surface area contributed by atoms with Crippen LogP contribution >= 0.6 is 0 Å². The quantitative estimate of drug-likeness (QED) is 0.810. The lowest BCUT2D eigenvalue weighted by molar-refractivity contribution is -0.367. The molecule has 2 aromatic carbocycles. The molecule has 0 aliphatic rings. The molecule has 7 heteroatoms. The Labute approximate surface area is 134 Å². The van der Waals surface area contributed by atoms with Gasteiger partial charge in [0.25, 0.3) is 0 Å². The van der Waals surface area contributed by atoms with Crippen LogP contribution in [0.4, 0.5) is 4.39 Å². The maximum Gasteiger partial charge on any atom is 0.191 e. The molecule has 23 heavy (non-hydrogen) atoms. The van der Waals surface area contributed by atoms with Crippen molar-refractivity contribution in [2.45, 2.75) is 10.1 Å². The molecule has 0 saturated carbocycles. The van der Waals surface area contributed by atoms with Gasteiger partial charge < -0.3 is 15.2 Å². The highest BCUT2D eigenvalue weighted by atomic mass is 32.2. The third-order valence-corrected chi connectivity index (χ3v) is 5.73. The number of hydrogen-bond donors (Lipinski definition) is 1. The molecule has 0 radical (unpaired) electrons. The van der Waals surface area contributed by atoms with Crippen LogP contribution < -0.4 is 15.2 Å². The summed E-state index contributed by atoms with van der Waals surface area (Å²) in [5.41, 5.74) is 4.22. The Bertz CT molecular complexity index is 775. The van der Waals surface area contributed by atoms with E-state index in [1.807, 2.05) is 0 Å². The van der Waals surface area contributed by atoms with E-state index in [2.05, 4.69) is 5.73 Å². The molecular formula is C16H19FNO4S+. The highest BCUT2D eigenvalue weighted by Gasteiger charge is 2.32. The van der Waals surface area contributed by atoms with E-state index in [1.165, 1.54) is 26.4 Å². The van der Waals surface area contributed by atoms with Gasteiger partial charge in [-0.2, -0.15) is 0 Å². The van der Waals surface area contributed by atoms with Crippen LogP contribution in [-0.2, 0) is 9.84 Å². The van der Waals surface area contributed by atoms with Crippen molar-refractivity contribution in [2.24, 2.45) is 0 Å². The molecule has 0 spiro atoms. The largest absolute Gasteiger partial charge is 0.497 e. The van der Waals surface area contributed by atoms with E-state index in [0.29, 0.717) is 17.1 Å². The highest BCUT2D eigenvalue weighted by Crippen LogP contribution is 2.36. The first kappa shape index (κ1) is 17.2. The average molecular weight is 340 g/mol. The second-order valence-corrected chi connectivity index (χ2v) is 7.01. The van der Waals surface area contributed by atoms with Crippen molar-refractivity contribution in [1.29, 1.82) is 0 Å². The van der Waals surface area contributed by atoms with Crippen molar-refractivity contribution in [1.82, 2.24) is 0 Å². The summed E-state index contributed by atoms with van der Waals surface area (Å²) in [5, 5.41) is -0.919. The van der Waals surface area contributed by atoms with E-state index in [0.717, 1.165) is 12.1 Å². The molecule has 0 unspecified atom stereocenters. The molecule has 0 bridgehead atoms. The lowest BCUT2D eigenvalue weighted by atomic mass is 10.1. The molecule has 0 aliphatic carbocycles. The Morgan fingerprint density at radius 2 is 1.74 bits per heavy atom. The molecule has 0 saturated heterocycles. The third kappa shape index (κ3) is 3.46. The summed E-state index contributed by atoms with van der Waals surface area (Å²) < 4.78 is 49.3. The fraction of sp³-hybridized carbons (Fsp3) is 0.250. The minimum Gasteiger partial charge on any atom is -0.497 e. The second kappa shape index (κ2) is 6.97. The second-order valence-electron chi connectivity index (χ2n) is 4.88. The van der Waals surface area contributed by atoms with E-state index in [4.69, 9.17) is 9.47 Å². The van der Waals surface area contributed by atoms with Crippen molar-refractivity contribution >= 4 is 9.84 Å². The summed E-state index contributed by atoms with van der Waals surface area (Å²) in [5.74, 6) is 0.466. The Hall–Kier alpha value is -2.12. The number of halogens is 1. The number of hydrogen-bond acceptors (Lipinski definition) is 4. The van der Waals surface area contributed by atoms with Crippen LogP contribution in [0.25, 0.3) is 0 Å². The van der Waals surface area contributed by atoms with Crippen LogP contribution in [0.5, 0.6) is 11.5 Å². The van der Waals surface area contributed by atoms with Crippen molar-refractivity contribution in [2.75, 3.05) is 20.8 Å². The molecule has 0 fully saturated rings. The van der Waals surface area contributed by atoms with Gasteiger partial charge in [-0.15, -0.1) is 0 Å². The first-order chi connectivity index (χ1) is 10.9. The molecular weight excluding hydrogens is 321 g/mol. The van der Waals surface area contributed by atoms with Gasteiger partial charge in [-0.1, -0.05) is 0 Å². The van der Waals surface area contributed by atoms with Gasteiger partial charge in [0.1, 0.15) is 22.6 Å². The molecule has 2 aromatic rings. The van der Waals surface area contributed by atoms with Crippen molar-refractivity contribution in [3.8, 4) is 11.5 Å². The molecule has 0 heterocycles. The van der Waals surface area contributed by atoms with Gasteiger partial charge in [0.15, 0.2) is 9.84 Å². The van der Waals surface area contributed by atoms with Gasteiger partial charge >= 0.3 is 0 Å². The Kier molecular flexibility index (Phi) is 5.23. The maximum absolute atomic E-state index is 13.1. The fourth-order valence-corrected chi connectivity index (χ4v) is 4.03. The van der Waals surface area contributed by atoms with Gasteiger partial charge in [0.05, 0.1) is 25.7 Å². The lowest BCUT2D eigenvalue weighted by Crippen LogP contribution is -2.54. The number of benzene rings is 2. The zero-order valence-electron chi connectivity index (χ0n) is 13.0. The normalized spacial score (nSPS) is 12.7. The van der Waals surface area contributed by atoms with Crippen LogP contribution in [0.2, 0.25) is 0 Å². The van der Waals surface area contributed by atoms with Crippen molar-refractivity contribution in [3.05, 3.63) is 53.8 Å². The highest BCUT2D eigenvalue weighted by molar-refractivity contribution is 7.91. The van der Waals surface area contributed by atoms with Gasteiger partial charge in [-0.05, 0) is 42.5 Å². The summed E-state index contributed by atoms with van der Waals surface area (Å²) in [7, 11) is -0.776. The summed E-state index contributed by atoms with van der Waals surface area (Å²) in [6, 6.07) is 9.70. The topological polar surface area (TPSA) is 80.2 Å². The smallest absolute Gasteiger partial charge is 0.191 e. The Morgan fingerprint density at radius 3 is 2.26 bits per heavy atom. The molecule has 0 aliphatic heterocycles. The zero-order valence-corrected chi connectivity index (χ0v) is 13.8. The molecule has 0 aromatic heterocycles. The average Bonchev–Trinajstić information content (AvgIpc) is 2.55. The van der Waals surface area contributed by atoms with Crippen molar-refractivity contribution < 1.29 is 28.0 Å². The summed E-state index contributed by atoms with van der Waals surface area (Å²) in [4.78, 5) is 0.0393. The molecule has 3 N–H and O–H groups in total. The summed E-state index contributed by atoms with van der Waals surface area (Å²) in [6.45, 7) is 0.100. The molecule has 124 valence electrons. The zero-order chi connectivity index (χ0) is 17.0. The van der Waals surface area contributed by atoms with Crippen molar-refractivity contribution in [3.63, 3.8) is 0 Å². The number of rotatable bonds is 6. The van der Waals surface area contributed by atoms with Crippen LogP contribution in [0.1, 0.15) is 10.8 Å². The fourth-order valence-electron chi connectivity index (χ4n) is 2.36. The summed E-state index contributed by atoms with van der Waals surface area (Å²) in [6.07, 6.45) is 0. The summed E-state index contributed by atoms with van der Waals surface area (Å²) >= 11 is 0. The molecule has 5 nitrogen and oxygen atoms in total. The van der Waals surface area contributed by atoms with E-state index >= 15 is 0 Å². The predicted octanol–water partition coefficient (Wildman–Crippen LogP) is 1.60. The third-order valence-electron chi connectivity index (χ3n) is 3.56. The molecule has 1 atom stereocenters. The number of quaternary nitrogens is 1. The van der Waals surface area contributed by atoms with Crippen LogP contribution in [0.15, 0.2) is 47.4 Å². The van der Waals surface area contributed by atoms with E-state index < -0.39 is 20.9 Å². The van der Waals surface area contributed by atoms with Crippen LogP contribution in [0, 0.1) is 5.82 Å². The minimum absolute atomic E-state index is 0.0393. The minimum atomic E-state index is -3.74. The Balaban J connectivity index is 2.56. The van der Waals surface area contributed by atoms with Gasteiger partial charge in [0.2, 0.25) is 0 Å². The maximum atomic E-state index is 13.1. The number of sulfone groups is 1. The SMILES string of the molecule is COc1ccc(OC)c([C@H](C[NH3+])S(=O)(=O)c2ccc(F)cc2)c1. The standard InChI is InChI=1S/C16H18FNO4S/c1-21-12-5-8-15(22-2)14(9-12)16(10-18)23(19,20)13-6-3-11(17)4-7-13/h3-9,16H,10,18H2,1-2H3/p+1/t16-/m0/s1. The molecule has 0 amide bonds. The number of methoxy groups -OCH3 is 2. The van der Waals surface area contributed by atoms with Gasteiger partial charge in [-0.25, -0.2) is 12.8 Å². The Morgan fingerprint density at radius 1 is 1.09 bits per heavy atom. The van der Waals surface area contributed by atoms with Crippen LogP contribution in [-0.4, -0.2) is 29.2 Å².